The molecule has 0 spiro atoms. The van der Waals surface area contributed by atoms with Gasteiger partial charge in [-0.3, -0.25) is 4.79 Å². The predicted molar refractivity (Wildman–Crippen MR) is 63.8 cm³/mol. The van der Waals surface area contributed by atoms with Gasteiger partial charge in [0.2, 0.25) is 0 Å². The Labute approximate surface area is 101 Å². The van der Waals surface area contributed by atoms with Crippen molar-refractivity contribution in [2.24, 2.45) is 5.92 Å². The van der Waals surface area contributed by atoms with Gasteiger partial charge in [0, 0.05) is 6.54 Å². The van der Waals surface area contributed by atoms with Crippen LogP contribution in [-0.2, 0) is 9.53 Å². The summed E-state index contributed by atoms with van der Waals surface area (Å²) in [5.74, 6) is 0.107. The molecule has 2 rings (SSSR count). The van der Waals surface area contributed by atoms with E-state index in [4.69, 9.17) is 4.74 Å². The van der Waals surface area contributed by atoms with Crippen molar-refractivity contribution < 1.29 is 14.6 Å². The van der Waals surface area contributed by atoms with Gasteiger partial charge in [0.1, 0.15) is 5.75 Å². The average Bonchev–Trinajstić information content (AvgIpc) is 2.39. The van der Waals surface area contributed by atoms with Crippen molar-refractivity contribution in [3.05, 3.63) is 29.8 Å². The van der Waals surface area contributed by atoms with Crippen LogP contribution in [0.5, 0.6) is 5.75 Å². The highest BCUT2D eigenvalue weighted by molar-refractivity contribution is 5.74. The second kappa shape index (κ2) is 5.19. The van der Waals surface area contributed by atoms with E-state index in [0.29, 0.717) is 6.54 Å². The van der Waals surface area contributed by atoms with E-state index < -0.39 is 0 Å². The largest absolute Gasteiger partial charge is 0.508 e. The molecule has 1 saturated heterocycles. The number of benzene rings is 1. The Morgan fingerprint density at radius 1 is 1.41 bits per heavy atom. The maximum atomic E-state index is 11.7. The number of esters is 1. The normalized spacial score (nSPS) is 24.3. The van der Waals surface area contributed by atoms with Crippen LogP contribution in [0.1, 0.15) is 17.9 Å². The summed E-state index contributed by atoms with van der Waals surface area (Å²) in [7, 11) is 1.42. The number of aromatic hydroxyl groups is 1. The third-order valence-electron chi connectivity index (χ3n) is 3.31. The van der Waals surface area contributed by atoms with Gasteiger partial charge in [-0.15, -0.1) is 0 Å². The Balaban J connectivity index is 2.21. The molecule has 0 saturated carbocycles. The minimum absolute atomic E-state index is 0.140. The summed E-state index contributed by atoms with van der Waals surface area (Å²) in [5.41, 5.74) is 1.08. The van der Waals surface area contributed by atoms with Gasteiger partial charge >= 0.3 is 5.97 Å². The van der Waals surface area contributed by atoms with Gasteiger partial charge in [-0.1, -0.05) is 12.1 Å². The minimum Gasteiger partial charge on any atom is -0.508 e. The Morgan fingerprint density at radius 3 is 2.76 bits per heavy atom. The van der Waals surface area contributed by atoms with Crippen molar-refractivity contribution >= 4 is 5.97 Å². The predicted octanol–water partition coefficient (Wildman–Crippen LogP) is 1.26. The number of methoxy groups -OCH3 is 1. The number of nitrogens with one attached hydrogen (secondary N) is 1. The summed E-state index contributed by atoms with van der Waals surface area (Å²) in [5, 5.41) is 12.5. The third-order valence-corrected chi connectivity index (χ3v) is 3.31. The number of hydrogen-bond acceptors (Lipinski definition) is 4. The number of hydrogen-bond donors (Lipinski definition) is 2. The maximum Gasteiger partial charge on any atom is 0.310 e. The lowest BCUT2D eigenvalue weighted by Crippen LogP contribution is -2.40. The van der Waals surface area contributed by atoms with Gasteiger partial charge < -0.3 is 15.2 Å². The van der Waals surface area contributed by atoms with E-state index in [1.54, 1.807) is 12.1 Å². The Hall–Kier alpha value is -1.55. The first-order valence-electron chi connectivity index (χ1n) is 5.80. The first kappa shape index (κ1) is 11.9. The molecule has 1 heterocycles. The third kappa shape index (κ3) is 2.58. The van der Waals surface area contributed by atoms with Crippen LogP contribution < -0.4 is 5.32 Å². The molecule has 0 aromatic heterocycles. The lowest BCUT2D eigenvalue weighted by molar-refractivity contribution is -0.146. The molecule has 0 aliphatic carbocycles. The van der Waals surface area contributed by atoms with Crippen LogP contribution in [-0.4, -0.2) is 31.3 Å². The summed E-state index contributed by atoms with van der Waals surface area (Å²) >= 11 is 0. The van der Waals surface area contributed by atoms with Crippen LogP contribution in [0.25, 0.3) is 0 Å². The molecule has 1 aromatic rings. The highest BCUT2D eigenvalue weighted by Gasteiger charge is 2.32. The van der Waals surface area contributed by atoms with E-state index >= 15 is 0 Å². The van der Waals surface area contributed by atoms with E-state index in [0.717, 1.165) is 18.5 Å². The summed E-state index contributed by atoms with van der Waals surface area (Å²) < 4.78 is 4.84. The van der Waals surface area contributed by atoms with Crippen LogP contribution in [0.2, 0.25) is 0 Å². The summed E-state index contributed by atoms with van der Waals surface area (Å²) in [4.78, 5) is 11.7. The van der Waals surface area contributed by atoms with Crippen LogP contribution >= 0.6 is 0 Å². The standard InChI is InChI=1S/C13H17NO3/c1-17-13(16)12-8-14-7-6-11(12)9-2-4-10(15)5-3-9/h2-5,11-12,14-15H,6-8H2,1H3. The molecule has 0 radical (unpaired) electrons. The number of phenols is 1. The molecule has 0 amide bonds. The Bertz CT molecular complexity index is 388. The number of ether oxygens (including phenoxy) is 1. The van der Waals surface area contributed by atoms with Crippen molar-refractivity contribution in [3.63, 3.8) is 0 Å². The first-order chi connectivity index (χ1) is 8.22. The maximum absolute atomic E-state index is 11.7. The van der Waals surface area contributed by atoms with E-state index in [2.05, 4.69) is 5.32 Å². The summed E-state index contributed by atoms with van der Waals surface area (Å²) in [6.07, 6.45) is 0.907. The van der Waals surface area contributed by atoms with Crippen molar-refractivity contribution in [2.75, 3.05) is 20.2 Å². The molecule has 4 nitrogen and oxygen atoms in total. The Kier molecular flexibility index (Phi) is 3.64. The minimum atomic E-state index is -0.171. The fraction of sp³-hybridized carbons (Fsp3) is 0.462. The van der Waals surface area contributed by atoms with E-state index in [1.165, 1.54) is 7.11 Å². The number of rotatable bonds is 2. The quantitative estimate of drug-likeness (QED) is 0.758. The zero-order valence-corrected chi connectivity index (χ0v) is 9.85. The average molecular weight is 235 g/mol. The molecule has 0 bridgehead atoms. The van der Waals surface area contributed by atoms with E-state index in [1.807, 2.05) is 12.1 Å². The van der Waals surface area contributed by atoms with Crippen LogP contribution in [0.15, 0.2) is 24.3 Å². The molecule has 17 heavy (non-hydrogen) atoms. The second-order valence-electron chi connectivity index (χ2n) is 4.32. The fourth-order valence-corrected chi connectivity index (χ4v) is 2.38. The van der Waals surface area contributed by atoms with Crippen molar-refractivity contribution in [3.8, 4) is 5.75 Å². The lowest BCUT2D eigenvalue weighted by atomic mass is 9.81. The highest BCUT2D eigenvalue weighted by atomic mass is 16.5. The van der Waals surface area contributed by atoms with E-state index in [-0.39, 0.29) is 23.6 Å². The van der Waals surface area contributed by atoms with Crippen LogP contribution in [0, 0.1) is 5.92 Å². The van der Waals surface area contributed by atoms with Crippen LogP contribution in [0.4, 0.5) is 0 Å². The molecule has 92 valence electrons. The van der Waals surface area contributed by atoms with Gasteiger partial charge in [0.05, 0.1) is 13.0 Å². The second-order valence-corrected chi connectivity index (χ2v) is 4.32. The van der Waals surface area contributed by atoms with Crippen molar-refractivity contribution in [1.82, 2.24) is 5.32 Å². The van der Waals surface area contributed by atoms with Gasteiger partial charge in [0.15, 0.2) is 0 Å². The molecule has 1 aromatic carbocycles. The molecule has 2 N–H and O–H groups in total. The zero-order chi connectivity index (χ0) is 12.3. The SMILES string of the molecule is COC(=O)C1CNCCC1c1ccc(O)cc1. The molecule has 2 atom stereocenters. The van der Waals surface area contributed by atoms with E-state index in [9.17, 15) is 9.90 Å². The van der Waals surface area contributed by atoms with Crippen LogP contribution in [0.3, 0.4) is 0 Å². The smallest absolute Gasteiger partial charge is 0.310 e. The highest BCUT2D eigenvalue weighted by Crippen LogP contribution is 2.31. The molecular weight excluding hydrogens is 218 g/mol. The summed E-state index contributed by atoms with van der Waals surface area (Å²) in [6, 6.07) is 7.07. The monoisotopic (exact) mass is 235 g/mol. The molecule has 1 fully saturated rings. The number of carbonyl (C=O) groups is 1. The number of piperidine rings is 1. The molecule has 1 aliphatic heterocycles. The van der Waals surface area contributed by atoms with Gasteiger partial charge in [0.25, 0.3) is 0 Å². The Morgan fingerprint density at radius 2 is 2.12 bits per heavy atom. The molecule has 2 unspecified atom stereocenters. The molecule has 1 aliphatic rings. The lowest BCUT2D eigenvalue weighted by Gasteiger charge is -2.30. The molecule has 4 heteroatoms. The zero-order valence-electron chi connectivity index (χ0n) is 9.85. The van der Waals surface area contributed by atoms with Gasteiger partial charge in [-0.05, 0) is 36.6 Å². The number of carbonyl (C=O) groups excluding carboxylic acids is 1. The topological polar surface area (TPSA) is 58.6 Å². The first-order valence-corrected chi connectivity index (χ1v) is 5.80. The van der Waals surface area contributed by atoms with Crippen molar-refractivity contribution in [2.45, 2.75) is 12.3 Å². The van der Waals surface area contributed by atoms with Crippen molar-refractivity contribution in [1.29, 1.82) is 0 Å². The van der Waals surface area contributed by atoms with Gasteiger partial charge in [-0.25, -0.2) is 0 Å². The fourth-order valence-electron chi connectivity index (χ4n) is 2.38. The summed E-state index contributed by atoms with van der Waals surface area (Å²) in [6.45, 7) is 1.55. The van der Waals surface area contributed by atoms with Gasteiger partial charge in [-0.2, -0.15) is 0 Å². The number of phenolic OH excluding ortho intramolecular Hbond substituents is 1. The molecular formula is C13H17NO3.